The fourth-order valence-corrected chi connectivity index (χ4v) is 2.66. The number of carbonyl (C=O) groups is 1. The average Bonchev–Trinajstić information content (AvgIpc) is 2.90. The Morgan fingerprint density at radius 3 is 3.00 bits per heavy atom. The molecule has 21 heavy (non-hydrogen) atoms. The molecule has 6 heteroatoms. The number of nitrogens with one attached hydrogen (secondary N) is 1. The first-order valence-electron chi connectivity index (χ1n) is 6.01. The summed E-state index contributed by atoms with van der Waals surface area (Å²) in [5.74, 6) is 4.10. The molecule has 1 amide bonds. The first-order chi connectivity index (χ1) is 10.1. The van der Waals surface area contributed by atoms with Crippen molar-refractivity contribution in [2.75, 3.05) is 6.61 Å². The van der Waals surface area contributed by atoms with Crippen LogP contribution in [0.25, 0.3) is 0 Å². The molecule has 2 aromatic rings. The maximum absolute atomic E-state index is 13.6. The molecule has 0 saturated carbocycles. The lowest BCUT2D eigenvalue weighted by Crippen LogP contribution is -2.23. The van der Waals surface area contributed by atoms with E-state index in [1.165, 1.54) is 29.5 Å². The predicted octanol–water partition coefficient (Wildman–Crippen LogP) is 2.81. The van der Waals surface area contributed by atoms with Gasteiger partial charge in [-0.15, -0.1) is 11.3 Å². The van der Waals surface area contributed by atoms with Crippen LogP contribution in [0.1, 0.15) is 20.8 Å². The third-order valence-electron chi connectivity index (χ3n) is 2.58. The fraction of sp³-hybridized carbons (Fsp3) is 0.133. The Labute approximate surface area is 130 Å². The molecule has 1 aromatic heterocycles. The van der Waals surface area contributed by atoms with Gasteiger partial charge in [0.25, 0.3) is 5.91 Å². The van der Waals surface area contributed by atoms with Crippen LogP contribution in [0.15, 0.2) is 29.6 Å². The second kappa shape index (κ2) is 7.23. The zero-order valence-corrected chi connectivity index (χ0v) is 12.4. The van der Waals surface area contributed by atoms with Gasteiger partial charge in [0.2, 0.25) is 0 Å². The van der Waals surface area contributed by atoms with Gasteiger partial charge >= 0.3 is 0 Å². The minimum absolute atomic E-state index is 0.0770. The molecule has 0 spiro atoms. The van der Waals surface area contributed by atoms with E-state index in [9.17, 15) is 9.18 Å². The minimum Gasteiger partial charge on any atom is -0.384 e. The molecule has 0 saturated heterocycles. The number of thiophene rings is 1. The van der Waals surface area contributed by atoms with E-state index in [2.05, 4.69) is 17.2 Å². The average molecular weight is 324 g/mol. The van der Waals surface area contributed by atoms with Crippen LogP contribution in [-0.2, 0) is 6.54 Å². The van der Waals surface area contributed by atoms with Gasteiger partial charge in [0.05, 0.1) is 17.1 Å². The first kappa shape index (κ1) is 15.5. The first-order valence-corrected chi connectivity index (χ1v) is 7.27. The highest BCUT2D eigenvalue weighted by Crippen LogP contribution is 2.19. The van der Waals surface area contributed by atoms with E-state index in [0.29, 0.717) is 0 Å². The molecule has 3 nitrogen and oxygen atoms in total. The van der Waals surface area contributed by atoms with Crippen molar-refractivity contribution < 1.29 is 14.3 Å². The van der Waals surface area contributed by atoms with Gasteiger partial charge in [-0.05, 0) is 18.2 Å². The Morgan fingerprint density at radius 1 is 1.48 bits per heavy atom. The molecule has 0 aliphatic rings. The van der Waals surface area contributed by atoms with Crippen LogP contribution >= 0.6 is 22.9 Å². The summed E-state index contributed by atoms with van der Waals surface area (Å²) in [5, 5.41) is 13.1. The Morgan fingerprint density at radius 2 is 2.29 bits per heavy atom. The summed E-state index contributed by atoms with van der Waals surface area (Å²) >= 11 is 7.25. The summed E-state index contributed by atoms with van der Waals surface area (Å²) in [7, 11) is 0. The second-order valence-corrected chi connectivity index (χ2v) is 5.44. The van der Waals surface area contributed by atoms with E-state index in [4.69, 9.17) is 16.7 Å². The van der Waals surface area contributed by atoms with Crippen molar-refractivity contribution in [3.63, 3.8) is 0 Å². The quantitative estimate of drug-likeness (QED) is 0.853. The van der Waals surface area contributed by atoms with Crippen LogP contribution in [0, 0.1) is 17.7 Å². The molecule has 0 radical (unpaired) electrons. The number of halogens is 2. The zero-order chi connectivity index (χ0) is 15.2. The second-order valence-electron chi connectivity index (χ2n) is 4.04. The van der Waals surface area contributed by atoms with Gasteiger partial charge in [-0.3, -0.25) is 4.79 Å². The Hall–Kier alpha value is -1.87. The van der Waals surface area contributed by atoms with Crippen molar-refractivity contribution >= 4 is 28.8 Å². The van der Waals surface area contributed by atoms with Gasteiger partial charge in [0, 0.05) is 15.8 Å². The molecule has 1 heterocycles. The van der Waals surface area contributed by atoms with Crippen molar-refractivity contribution in [1.29, 1.82) is 0 Å². The van der Waals surface area contributed by atoms with E-state index in [-0.39, 0.29) is 23.7 Å². The SMILES string of the molecule is O=C(NCc1cc(C#CCO)cs1)c1c(F)cccc1Cl. The van der Waals surface area contributed by atoms with E-state index in [1.807, 2.05) is 5.38 Å². The van der Waals surface area contributed by atoms with Crippen molar-refractivity contribution in [3.05, 3.63) is 56.5 Å². The summed E-state index contributed by atoms with van der Waals surface area (Å²) in [4.78, 5) is 12.8. The number of benzene rings is 1. The summed E-state index contributed by atoms with van der Waals surface area (Å²) in [5.41, 5.74) is 0.609. The number of rotatable bonds is 3. The molecule has 1 aromatic carbocycles. The number of carbonyl (C=O) groups excluding carboxylic acids is 1. The molecular formula is C15H11ClFNO2S. The largest absolute Gasteiger partial charge is 0.384 e. The lowest BCUT2D eigenvalue weighted by Gasteiger charge is -2.06. The van der Waals surface area contributed by atoms with Crippen LogP contribution in [0.2, 0.25) is 5.02 Å². The molecule has 2 rings (SSSR count). The van der Waals surface area contributed by atoms with Crippen LogP contribution in [0.3, 0.4) is 0 Å². The topological polar surface area (TPSA) is 49.3 Å². The standard InChI is InChI=1S/C15H11ClFNO2S/c16-12-4-1-5-13(17)14(12)15(20)18-8-11-7-10(9-21-11)3-2-6-19/h1,4-5,7,9,19H,6,8H2,(H,18,20). The van der Waals surface area contributed by atoms with Crippen molar-refractivity contribution in [1.82, 2.24) is 5.32 Å². The summed E-state index contributed by atoms with van der Waals surface area (Å²) < 4.78 is 13.6. The summed E-state index contributed by atoms with van der Waals surface area (Å²) in [6, 6.07) is 5.90. The number of amides is 1. The van der Waals surface area contributed by atoms with E-state index in [0.717, 1.165) is 10.4 Å². The Bertz CT molecular complexity index is 698. The summed E-state index contributed by atoms with van der Waals surface area (Å²) in [6.45, 7) is 0.0582. The van der Waals surface area contributed by atoms with Crippen LogP contribution in [0.5, 0.6) is 0 Å². The molecular weight excluding hydrogens is 313 g/mol. The van der Waals surface area contributed by atoms with Gasteiger partial charge in [0.1, 0.15) is 12.4 Å². The van der Waals surface area contributed by atoms with E-state index in [1.54, 1.807) is 6.07 Å². The highest BCUT2D eigenvalue weighted by Gasteiger charge is 2.15. The highest BCUT2D eigenvalue weighted by atomic mass is 35.5. The molecule has 0 atom stereocenters. The van der Waals surface area contributed by atoms with Crippen LogP contribution in [-0.4, -0.2) is 17.6 Å². The van der Waals surface area contributed by atoms with E-state index >= 15 is 0 Å². The number of hydrogen-bond donors (Lipinski definition) is 2. The molecule has 0 aliphatic carbocycles. The van der Waals surface area contributed by atoms with Gasteiger partial charge in [-0.1, -0.05) is 29.5 Å². The lowest BCUT2D eigenvalue weighted by atomic mass is 10.2. The predicted molar refractivity (Wildman–Crippen MR) is 80.9 cm³/mol. The maximum atomic E-state index is 13.6. The van der Waals surface area contributed by atoms with Crippen LogP contribution < -0.4 is 5.32 Å². The Balaban J connectivity index is 2.03. The van der Waals surface area contributed by atoms with Gasteiger partial charge < -0.3 is 10.4 Å². The van der Waals surface area contributed by atoms with Crippen molar-refractivity contribution in [3.8, 4) is 11.8 Å². The third-order valence-corrected chi connectivity index (χ3v) is 3.83. The summed E-state index contributed by atoms with van der Waals surface area (Å²) in [6.07, 6.45) is 0. The van der Waals surface area contributed by atoms with Crippen LogP contribution in [0.4, 0.5) is 4.39 Å². The molecule has 2 N–H and O–H groups in total. The highest BCUT2D eigenvalue weighted by molar-refractivity contribution is 7.10. The smallest absolute Gasteiger partial charge is 0.256 e. The number of aliphatic hydroxyl groups excluding tert-OH is 1. The minimum atomic E-state index is -0.652. The van der Waals surface area contributed by atoms with Crippen molar-refractivity contribution in [2.45, 2.75) is 6.54 Å². The molecule has 0 fully saturated rings. The van der Waals surface area contributed by atoms with E-state index < -0.39 is 11.7 Å². The molecule has 108 valence electrons. The zero-order valence-electron chi connectivity index (χ0n) is 10.8. The maximum Gasteiger partial charge on any atom is 0.256 e. The van der Waals surface area contributed by atoms with Crippen molar-refractivity contribution in [2.24, 2.45) is 0 Å². The molecule has 0 bridgehead atoms. The molecule has 0 unspecified atom stereocenters. The number of aliphatic hydroxyl groups is 1. The number of hydrogen-bond acceptors (Lipinski definition) is 3. The third kappa shape index (κ3) is 4.05. The van der Waals surface area contributed by atoms with Gasteiger partial charge in [-0.25, -0.2) is 4.39 Å². The monoisotopic (exact) mass is 323 g/mol. The van der Waals surface area contributed by atoms with Gasteiger partial charge in [0.15, 0.2) is 0 Å². The normalized spacial score (nSPS) is 9.86. The fourth-order valence-electron chi connectivity index (χ4n) is 1.65. The van der Waals surface area contributed by atoms with Gasteiger partial charge in [-0.2, -0.15) is 0 Å². The molecule has 0 aliphatic heterocycles. The lowest BCUT2D eigenvalue weighted by molar-refractivity contribution is 0.0947. The Kier molecular flexibility index (Phi) is 5.34.